The quantitative estimate of drug-likeness (QED) is 0.252. The average molecular weight is 153 g/mol. The minimum atomic E-state index is -0.720. The van der Waals surface area contributed by atoms with Crippen molar-refractivity contribution in [1.29, 1.82) is 5.26 Å². The third-order valence-electron chi connectivity index (χ3n) is 0.409. The summed E-state index contributed by atoms with van der Waals surface area (Å²) in [5, 5.41) is 7.63. The van der Waals surface area contributed by atoms with E-state index >= 15 is 0 Å². The van der Waals surface area contributed by atoms with E-state index in [4.69, 9.17) is 10.1 Å². The Bertz CT molecular complexity index is 184. The first-order chi connectivity index (χ1) is 5.22. The summed E-state index contributed by atoms with van der Waals surface area (Å²) in [4.78, 5) is 18.9. The molecule has 0 bridgehead atoms. The summed E-state index contributed by atoms with van der Waals surface area (Å²) in [6.07, 6.45) is 3.95. The Labute approximate surface area is 64.4 Å². The molecule has 0 atom stereocenters. The van der Waals surface area contributed by atoms with Crippen LogP contribution in [0.1, 0.15) is 0 Å². The average Bonchev–Trinajstić information content (AvgIpc) is 2.05. The van der Waals surface area contributed by atoms with E-state index in [9.17, 15) is 4.79 Å². The number of aldehydes is 1. The van der Waals surface area contributed by atoms with Crippen molar-refractivity contribution in [2.24, 2.45) is 0 Å². The third-order valence-corrected chi connectivity index (χ3v) is 0.409. The van der Waals surface area contributed by atoms with Crippen molar-refractivity contribution >= 4 is 12.3 Å². The van der Waals surface area contributed by atoms with E-state index in [-0.39, 0.29) is 0 Å². The molecule has 0 saturated carbocycles. The number of carbonyl (C=O) groups excluding carboxylic acids is 2. The number of nitriles is 1. The summed E-state index contributed by atoms with van der Waals surface area (Å²) in [6, 6.07) is 0. The molecule has 0 aliphatic carbocycles. The Morgan fingerprint density at radius 3 is 2.09 bits per heavy atom. The number of allylic oxidation sites excluding steroid dienone is 1. The van der Waals surface area contributed by atoms with Crippen molar-refractivity contribution in [2.45, 2.75) is 0 Å². The lowest BCUT2D eigenvalue weighted by atomic mass is 10.7. The van der Waals surface area contributed by atoms with Crippen LogP contribution in [0, 0.1) is 11.5 Å². The largest absolute Gasteiger partial charge is 0.347 e. The van der Waals surface area contributed by atoms with Crippen LogP contribution in [0.2, 0.25) is 0 Å². The maximum Gasteiger partial charge on any atom is 0.345 e. The molecule has 0 amide bonds. The summed E-state index contributed by atoms with van der Waals surface area (Å²) < 4.78 is 3.74. The second-order valence-corrected chi connectivity index (χ2v) is 1.09. The molecule has 0 aromatic heterocycles. The number of ether oxygens (including phenoxy) is 1. The molecular formula is C7H7NO3. The smallest absolute Gasteiger partial charge is 0.345 e. The molecule has 4 nitrogen and oxygen atoms in total. The van der Waals surface area contributed by atoms with Crippen molar-refractivity contribution in [3.63, 3.8) is 0 Å². The first-order valence-electron chi connectivity index (χ1n) is 2.51. The van der Waals surface area contributed by atoms with Gasteiger partial charge in [0.2, 0.25) is 0 Å². The normalized spacial score (nSPS) is 5.73. The Morgan fingerprint density at radius 1 is 1.55 bits per heavy atom. The number of rotatable bonds is 2. The van der Waals surface area contributed by atoms with Crippen LogP contribution in [-0.4, -0.2) is 12.3 Å². The Balaban J connectivity index is 0. The first-order valence-corrected chi connectivity index (χ1v) is 2.51. The molecule has 11 heavy (non-hydrogen) atoms. The molecule has 4 heteroatoms. The lowest BCUT2D eigenvalue weighted by Gasteiger charge is -1.77. The van der Waals surface area contributed by atoms with Crippen LogP contribution in [0.15, 0.2) is 25.3 Å². The summed E-state index contributed by atoms with van der Waals surface area (Å²) in [6.45, 7) is 6.16. The second kappa shape index (κ2) is 11.0. The van der Waals surface area contributed by atoms with Crippen LogP contribution in [0.3, 0.4) is 0 Å². The van der Waals surface area contributed by atoms with Gasteiger partial charge < -0.3 is 4.74 Å². The van der Waals surface area contributed by atoms with E-state index in [1.807, 2.05) is 0 Å². The molecule has 0 rings (SSSR count). The predicted molar refractivity (Wildman–Crippen MR) is 38.2 cm³/mol. The molecule has 0 aromatic rings. The molecule has 0 N–H and O–H groups in total. The number of nitrogens with zero attached hydrogens (tertiary/aromatic N) is 1. The van der Waals surface area contributed by atoms with E-state index in [1.165, 1.54) is 12.3 Å². The number of hydrogen-bond donors (Lipinski definition) is 0. The van der Waals surface area contributed by atoms with E-state index < -0.39 is 5.97 Å². The van der Waals surface area contributed by atoms with Gasteiger partial charge in [-0.15, -0.1) is 5.26 Å². The van der Waals surface area contributed by atoms with Gasteiger partial charge >= 0.3 is 5.97 Å². The zero-order valence-corrected chi connectivity index (χ0v) is 5.82. The fourth-order valence-corrected chi connectivity index (χ4v) is 0.0867. The highest BCUT2D eigenvalue weighted by molar-refractivity contribution is 5.81. The Morgan fingerprint density at radius 2 is 2.00 bits per heavy atom. The molecule has 0 aliphatic rings. The lowest BCUT2D eigenvalue weighted by Crippen LogP contribution is -1.91. The highest BCUT2D eigenvalue weighted by atomic mass is 16.5. The van der Waals surface area contributed by atoms with E-state index in [1.54, 1.807) is 0 Å². The monoisotopic (exact) mass is 153 g/mol. The first kappa shape index (κ1) is 11.9. The lowest BCUT2D eigenvalue weighted by molar-refractivity contribution is -0.131. The van der Waals surface area contributed by atoms with Crippen LogP contribution >= 0.6 is 0 Å². The van der Waals surface area contributed by atoms with Crippen LogP contribution in [0.25, 0.3) is 0 Å². The van der Waals surface area contributed by atoms with Gasteiger partial charge in [0, 0.05) is 6.08 Å². The van der Waals surface area contributed by atoms with Gasteiger partial charge in [-0.1, -0.05) is 13.2 Å². The van der Waals surface area contributed by atoms with Gasteiger partial charge in [-0.05, 0) is 6.08 Å². The second-order valence-electron chi connectivity index (χ2n) is 1.09. The molecule has 58 valence electrons. The Hall–Kier alpha value is -1.89. The van der Waals surface area contributed by atoms with Gasteiger partial charge in [-0.2, -0.15) is 0 Å². The van der Waals surface area contributed by atoms with Crippen LogP contribution in [0.4, 0.5) is 0 Å². The molecule has 0 aromatic carbocycles. The van der Waals surface area contributed by atoms with Crippen molar-refractivity contribution in [1.82, 2.24) is 0 Å². The zero-order chi connectivity index (χ0) is 9.11. The molecule has 0 radical (unpaired) electrons. The molecule has 0 spiro atoms. The maximum atomic E-state index is 9.85. The summed E-state index contributed by atoms with van der Waals surface area (Å²) in [7, 11) is 0. The minimum Gasteiger partial charge on any atom is -0.347 e. The van der Waals surface area contributed by atoms with Gasteiger partial charge in [0.1, 0.15) is 6.29 Å². The SMILES string of the molecule is C=CC(=O)OC#N.C=CC=O. The fourth-order valence-electron chi connectivity index (χ4n) is 0.0867. The van der Waals surface area contributed by atoms with Gasteiger partial charge in [0.15, 0.2) is 0 Å². The van der Waals surface area contributed by atoms with Gasteiger partial charge in [0.05, 0.1) is 0 Å². The highest BCUT2D eigenvalue weighted by Gasteiger charge is 1.87. The molecule has 0 unspecified atom stereocenters. The summed E-state index contributed by atoms with van der Waals surface area (Å²) in [5.41, 5.74) is 0. The van der Waals surface area contributed by atoms with Crippen LogP contribution in [-0.2, 0) is 14.3 Å². The molecule has 0 aliphatic heterocycles. The van der Waals surface area contributed by atoms with E-state index in [0.717, 1.165) is 6.08 Å². The number of carbonyl (C=O) groups is 2. The van der Waals surface area contributed by atoms with E-state index in [2.05, 4.69) is 17.9 Å². The van der Waals surface area contributed by atoms with Crippen molar-refractivity contribution in [3.05, 3.63) is 25.3 Å². The number of hydrogen-bond acceptors (Lipinski definition) is 4. The number of esters is 1. The minimum absolute atomic E-state index is 0.639. The molecule has 0 saturated heterocycles. The standard InChI is InChI=1S/C4H3NO2.C3H4O/c1-2-4(6)7-3-5;1-2-3-4/h2H,1H2;2-3H,1H2. The topological polar surface area (TPSA) is 67.2 Å². The highest BCUT2D eigenvalue weighted by Crippen LogP contribution is 1.71. The molecular weight excluding hydrogens is 146 g/mol. The van der Waals surface area contributed by atoms with Crippen molar-refractivity contribution in [2.75, 3.05) is 0 Å². The molecule has 0 heterocycles. The molecule has 0 fully saturated rings. The predicted octanol–water partition coefficient (Wildman–Crippen LogP) is 0.568. The fraction of sp³-hybridized carbons (Fsp3) is 0. The van der Waals surface area contributed by atoms with Crippen molar-refractivity contribution < 1.29 is 14.3 Å². The van der Waals surface area contributed by atoms with Gasteiger partial charge in [0.25, 0.3) is 6.26 Å². The third kappa shape index (κ3) is 17.9. The van der Waals surface area contributed by atoms with Gasteiger partial charge in [-0.25, -0.2) is 4.79 Å². The van der Waals surface area contributed by atoms with Crippen LogP contribution < -0.4 is 0 Å². The van der Waals surface area contributed by atoms with Crippen LogP contribution in [0.5, 0.6) is 0 Å². The Kier molecular flexibility index (Phi) is 11.8. The zero-order valence-electron chi connectivity index (χ0n) is 5.82. The van der Waals surface area contributed by atoms with E-state index in [0.29, 0.717) is 6.29 Å². The van der Waals surface area contributed by atoms with Gasteiger partial charge in [-0.3, -0.25) is 4.79 Å². The summed E-state index contributed by atoms with van der Waals surface area (Å²) >= 11 is 0. The maximum absolute atomic E-state index is 9.85. The summed E-state index contributed by atoms with van der Waals surface area (Å²) in [5.74, 6) is -0.720. The van der Waals surface area contributed by atoms with Crippen molar-refractivity contribution in [3.8, 4) is 6.26 Å².